The van der Waals surface area contributed by atoms with E-state index in [4.69, 9.17) is 38.2 Å². The summed E-state index contributed by atoms with van der Waals surface area (Å²) in [6.07, 6.45) is 31.6. The van der Waals surface area contributed by atoms with Crippen molar-refractivity contribution in [2.75, 3.05) is 38.1 Å². The Morgan fingerprint density at radius 3 is 0.883 bits per heavy atom. The third kappa shape index (κ3) is 25.0. The van der Waals surface area contributed by atoms with Crippen LogP contribution in [0, 0.1) is 48.9 Å². The zero-order valence-electron chi connectivity index (χ0n) is 51.8. The summed E-state index contributed by atoms with van der Waals surface area (Å²) in [5, 5.41) is 20.7. The maximum Gasteiger partial charge on any atom is 0.148 e. The standard InChI is InChI=1S/C24H38O2.C20H26O2.C14H22O2.C7H8.C3H3Br.CH3Cl/c1-11-17(3)15-25-21-13-20(24(8,9)10)22(26-16-18(4)12-2)14-19(21)23(5,6)7;1-9-11-21-17-13-16(20(6,7)8)18(22-12-10-2)14-15(17)19(3,4)5;1-13(2,3)9-7-12(16)10(8-11(9)15)14(4,5)6;1-2-7-4-3-6(1)5-7;1-2-3-4;1-2/h11-14H,15-16H2,1-10H3;1-2,13-14H,11-12H2,3-8H3;7-8,15-16H,1-6H3;1-4,6-7H,5H2;1H,3H2;1H3/b17-11-,18-12-;;;;;. The molecule has 77 heavy (non-hydrogen) atoms. The van der Waals surface area contributed by atoms with Gasteiger partial charge < -0.3 is 29.2 Å². The number of benzene rings is 3. The summed E-state index contributed by atoms with van der Waals surface area (Å²) in [5.41, 5.74) is 7.93. The number of allylic oxidation sites excluding steroid dienone is 6. The van der Waals surface area contributed by atoms with Gasteiger partial charge in [-0.05, 0) is 126 Å². The summed E-state index contributed by atoms with van der Waals surface area (Å²) in [7, 11) is 0. The second-order valence-electron chi connectivity index (χ2n) is 25.6. The van der Waals surface area contributed by atoms with Crippen molar-refractivity contribution >= 4 is 27.5 Å². The summed E-state index contributed by atoms with van der Waals surface area (Å²) in [5.74, 6) is 13.1. The zero-order valence-corrected chi connectivity index (χ0v) is 54.2. The van der Waals surface area contributed by atoms with Crippen molar-refractivity contribution in [3.05, 3.63) is 117 Å². The number of ether oxygens (including phenoxy) is 4. The van der Waals surface area contributed by atoms with E-state index in [2.05, 4.69) is 191 Å². The van der Waals surface area contributed by atoms with Crippen LogP contribution in [-0.4, -0.2) is 48.4 Å². The van der Waals surface area contributed by atoms with Crippen LogP contribution in [0.2, 0.25) is 0 Å². The van der Waals surface area contributed by atoms with Gasteiger partial charge in [0.15, 0.2) is 0 Å². The summed E-state index contributed by atoms with van der Waals surface area (Å²) in [6, 6.07) is 11.8. The highest BCUT2D eigenvalue weighted by Gasteiger charge is 2.29. The minimum atomic E-state index is -0.169. The van der Waals surface area contributed by atoms with Gasteiger partial charge in [-0.2, -0.15) is 0 Å². The molecule has 0 unspecified atom stereocenters. The Bertz CT molecular complexity index is 2380. The van der Waals surface area contributed by atoms with Crippen molar-refractivity contribution in [1.29, 1.82) is 0 Å². The molecule has 2 aliphatic rings. The largest absolute Gasteiger partial charge is 0.508 e. The normalized spacial score (nSPS) is 14.9. The van der Waals surface area contributed by atoms with Crippen molar-refractivity contribution < 1.29 is 29.2 Å². The van der Waals surface area contributed by atoms with Crippen LogP contribution in [-0.2, 0) is 32.5 Å². The number of halogens is 2. The van der Waals surface area contributed by atoms with Gasteiger partial charge in [0.05, 0.1) is 5.33 Å². The third-order valence-corrected chi connectivity index (χ3v) is 12.8. The molecule has 0 atom stereocenters. The summed E-state index contributed by atoms with van der Waals surface area (Å²) in [4.78, 5) is 0. The molecule has 0 amide bonds. The van der Waals surface area contributed by atoms with E-state index in [0.717, 1.165) is 57.1 Å². The molecule has 6 nitrogen and oxygen atoms in total. The second kappa shape index (κ2) is 32.1. The van der Waals surface area contributed by atoms with Gasteiger partial charge in [0.1, 0.15) is 60.9 Å². The molecule has 0 fully saturated rings. The van der Waals surface area contributed by atoms with E-state index in [9.17, 15) is 10.2 Å². The van der Waals surface area contributed by atoms with Gasteiger partial charge in [-0.15, -0.1) is 30.9 Å². The predicted molar refractivity (Wildman–Crippen MR) is 338 cm³/mol. The van der Waals surface area contributed by atoms with Crippen molar-refractivity contribution in [2.45, 2.75) is 191 Å². The highest BCUT2D eigenvalue weighted by atomic mass is 79.9. The molecule has 0 aromatic heterocycles. The van der Waals surface area contributed by atoms with Crippen molar-refractivity contribution in [2.24, 2.45) is 11.8 Å². The first-order valence-electron chi connectivity index (χ1n) is 26.7. The van der Waals surface area contributed by atoms with Gasteiger partial charge in [-0.3, -0.25) is 0 Å². The molecule has 2 N–H and O–H groups in total. The lowest BCUT2D eigenvalue weighted by Crippen LogP contribution is -2.19. The van der Waals surface area contributed by atoms with Gasteiger partial charge in [0.25, 0.3) is 0 Å². The summed E-state index contributed by atoms with van der Waals surface area (Å²) in [6.45, 7) is 48.2. The van der Waals surface area contributed by atoms with Crippen LogP contribution < -0.4 is 18.9 Å². The highest BCUT2D eigenvalue weighted by molar-refractivity contribution is 9.09. The Hall–Kier alpha value is -5.13. The molecule has 0 heterocycles. The van der Waals surface area contributed by atoms with Crippen molar-refractivity contribution in [1.82, 2.24) is 0 Å². The van der Waals surface area contributed by atoms with Crippen molar-refractivity contribution in [3.63, 3.8) is 0 Å². The molecule has 8 heteroatoms. The monoisotopic (exact) mass is 1140 g/mol. The maximum absolute atomic E-state index is 10.0. The molecular weight excluding hydrogens is 1040 g/mol. The number of alkyl halides is 2. The molecule has 426 valence electrons. The molecule has 0 radical (unpaired) electrons. The van der Waals surface area contributed by atoms with Crippen LogP contribution in [0.3, 0.4) is 0 Å². The van der Waals surface area contributed by atoms with Crippen LogP contribution in [0.1, 0.15) is 192 Å². The van der Waals surface area contributed by atoms with E-state index < -0.39 is 0 Å². The van der Waals surface area contributed by atoms with E-state index in [-0.39, 0.29) is 57.2 Å². The first kappa shape index (κ1) is 71.9. The van der Waals surface area contributed by atoms with Crippen LogP contribution >= 0.6 is 27.5 Å². The van der Waals surface area contributed by atoms with Crippen LogP contribution in [0.25, 0.3) is 0 Å². The minimum absolute atomic E-state index is 0.0245. The molecule has 0 saturated carbocycles. The number of terminal acetylenes is 3. The number of hydrogen-bond donors (Lipinski definition) is 2. The molecule has 3 aromatic rings. The van der Waals surface area contributed by atoms with E-state index in [1.54, 1.807) is 12.1 Å². The van der Waals surface area contributed by atoms with Gasteiger partial charge in [0.2, 0.25) is 0 Å². The smallest absolute Gasteiger partial charge is 0.148 e. The van der Waals surface area contributed by atoms with Gasteiger partial charge in [0, 0.05) is 39.8 Å². The second-order valence-corrected chi connectivity index (χ2v) is 26.1. The summed E-state index contributed by atoms with van der Waals surface area (Å²) >= 11 is 7.65. The first-order valence-corrected chi connectivity index (χ1v) is 28.6. The Balaban J connectivity index is 0.00000102. The van der Waals surface area contributed by atoms with Crippen LogP contribution in [0.15, 0.2) is 84.0 Å². The zero-order chi connectivity index (χ0) is 59.9. The SMILES string of the molecule is C#CCBr.C#CCOc1cc(C(C)(C)C)c(OCC#C)cc1C(C)(C)C.C/C=C(/C)COc1cc(C(C)(C)C)c(OC/C(C)=C\C)cc1C(C)(C)C.C1=CC2C=CC1C2.CC(C)(C)c1cc(O)c(C(C)(C)C)cc1O.CCl. The van der Waals surface area contributed by atoms with Crippen molar-refractivity contribution in [3.8, 4) is 71.5 Å². The van der Waals surface area contributed by atoms with E-state index in [0.29, 0.717) is 18.5 Å². The Morgan fingerprint density at radius 2 is 0.714 bits per heavy atom. The minimum Gasteiger partial charge on any atom is -0.508 e. The Kier molecular flexibility index (Phi) is 29.9. The number of rotatable bonds is 10. The number of fused-ring (bicyclic) bond motifs is 2. The Labute approximate surface area is 484 Å². The van der Waals surface area contributed by atoms with Gasteiger partial charge in [-0.1, -0.05) is 195 Å². The Morgan fingerprint density at radius 1 is 0.481 bits per heavy atom. The molecule has 0 aliphatic heterocycles. The topological polar surface area (TPSA) is 77.4 Å². The quantitative estimate of drug-likeness (QED) is 0.0912. The predicted octanol–water partition coefficient (Wildman–Crippen LogP) is 18.6. The number of phenols is 2. The number of aromatic hydroxyl groups is 2. The van der Waals surface area contributed by atoms with Gasteiger partial charge in [-0.25, -0.2) is 0 Å². The maximum atomic E-state index is 10.0. The molecular formula is C69H100BrClO6. The van der Waals surface area contributed by atoms with Crippen LogP contribution in [0.4, 0.5) is 0 Å². The average Bonchev–Trinajstić information content (AvgIpc) is 4.00. The molecule has 0 spiro atoms. The lowest BCUT2D eigenvalue weighted by molar-refractivity contribution is 0.324. The molecule has 2 bridgehead atoms. The molecule has 2 aliphatic carbocycles. The van der Waals surface area contributed by atoms with E-state index in [1.165, 1.54) is 35.1 Å². The fraction of sp³-hybridized carbons (Fsp3) is 0.536. The average molecular weight is 1140 g/mol. The lowest BCUT2D eigenvalue weighted by atomic mass is 9.81. The molecule has 5 rings (SSSR count). The van der Waals surface area contributed by atoms with Gasteiger partial charge >= 0.3 is 0 Å². The lowest BCUT2D eigenvalue weighted by Gasteiger charge is -2.29. The number of phenolic OH excluding ortho intramolecular Hbond substituents is 2. The summed E-state index contributed by atoms with van der Waals surface area (Å²) < 4.78 is 24.0. The number of hydrogen-bond acceptors (Lipinski definition) is 6. The first-order chi connectivity index (χ1) is 35.4. The molecule has 0 saturated heterocycles. The van der Waals surface area contributed by atoms with E-state index >= 15 is 0 Å². The molecule has 3 aromatic carbocycles. The van der Waals surface area contributed by atoms with E-state index in [1.807, 2.05) is 67.5 Å². The van der Waals surface area contributed by atoms with Crippen LogP contribution in [0.5, 0.6) is 34.5 Å². The third-order valence-electron chi connectivity index (χ3n) is 12.5. The highest BCUT2D eigenvalue weighted by Crippen LogP contribution is 2.44. The fourth-order valence-electron chi connectivity index (χ4n) is 7.84. The fourth-order valence-corrected chi connectivity index (χ4v) is 7.84.